The molecule has 3 nitrogen and oxygen atoms in total. The Bertz CT molecular complexity index is 666. The fourth-order valence-electron chi connectivity index (χ4n) is 4.44. The third-order valence-electron chi connectivity index (χ3n) is 5.65. The van der Waals surface area contributed by atoms with E-state index in [9.17, 15) is 18.0 Å². The first-order valence-corrected chi connectivity index (χ1v) is 9.91. The van der Waals surface area contributed by atoms with E-state index in [1.165, 1.54) is 18.9 Å². The predicted molar refractivity (Wildman–Crippen MR) is 98.1 cm³/mol. The monoisotopic (exact) mass is 383 g/mol. The van der Waals surface area contributed by atoms with E-state index < -0.39 is 11.7 Å². The van der Waals surface area contributed by atoms with Crippen molar-refractivity contribution in [1.29, 1.82) is 0 Å². The number of hydrogen-bond acceptors (Lipinski definition) is 3. The van der Waals surface area contributed by atoms with Gasteiger partial charge in [0.15, 0.2) is 5.78 Å². The molecule has 2 atom stereocenters. The minimum absolute atomic E-state index is 0.0422. The number of likely N-dealkylation sites (tertiary alicyclic amines) is 1. The predicted octanol–water partition coefficient (Wildman–Crippen LogP) is 5.33. The van der Waals surface area contributed by atoms with E-state index in [2.05, 4.69) is 4.90 Å². The summed E-state index contributed by atoms with van der Waals surface area (Å²) in [6.07, 6.45) is 1.27. The molecule has 1 aromatic carbocycles. The number of carbonyl (C=O) groups is 1. The second-order valence-electron chi connectivity index (χ2n) is 8.00. The number of benzene rings is 1. The summed E-state index contributed by atoms with van der Waals surface area (Å²) >= 11 is 0. The smallest absolute Gasteiger partial charge is 0.416 e. The van der Waals surface area contributed by atoms with Gasteiger partial charge in [-0.25, -0.2) is 0 Å². The fourth-order valence-corrected chi connectivity index (χ4v) is 4.44. The summed E-state index contributed by atoms with van der Waals surface area (Å²) in [6, 6.07) is 3.65. The van der Waals surface area contributed by atoms with E-state index in [-0.39, 0.29) is 29.1 Å². The van der Waals surface area contributed by atoms with Crippen molar-refractivity contribution < 1.29 is 22.7 Å². The molecule has 0 aromatic heterocycles. The van der Waals surface area contributed by atoms with E-state index in [1.54, 1.807) is 13.8 Å². The maximum Gasteiger partial charge on any atom is 0.416 e. The van der Waals surface area contributed by atoms with Gasteiger partial charge >= 0.3 is 6.18 Å². The Balaban J connectivity index is 1.78. The summed E-state index contributed by atoms with van der Waals surface area (Å²) in [7, 11) is 0. The van der Waals surface area contributed by atoms with E-state index in [4.69, 9.17) is 4.74 Å². The molecule has 1 aromatic rings. The van der Waals surface area contributed by atoms with Gasteiger partial charge in [-0.1, -0.05) is 6.42 Å². The minimum atomic E-state index is -4.46. The lowest BCUT2D eigenvalue weighted by molar-refractivity contribution is -0.137. The van der Waals surface area contributed by atoms with Gasteiger partial charge in [0.25, 0.3) is 0 Å². The molecule has 0 unspecified atom stereocenters. The van der Waals surface area contributed by atoms with Crippen LogP contribution in [-0.2, 0) is 6.18 Å². The molecule has 0 amide bonds. The Morgan fingerprint density at radius 2 is 1.89 bits per heavy atom. The average molecular weight is 383 g/mol. The molecule has 1 saturated carbocycles. The number of alkyl halides is 3. The van der Waals surface area contributed by atoms with Gasteiger partial charge in [-0.05, 0) is 76.7 Å². The van der Waals surface area contributed by atoms with Crippen molar-refractivity contribution in [2.24, 2.45) is 5.92 Å². The molecule has 0 spiro atoms. The molecule has 6 heteroatoms. The third kappa shape index (κ3) is 4.84. The van der Waals surface area contributed by atoms with Crippen molar-refractivity contribution in [2.45, 2.75) is 70.7 Å². The van der Waals surface area contributed by atoms with Crippen molar-refractivity contribution in [3.05, 3.63) is 29.3 Å². The van der Waals surface area contributed by atoms with E-state index in [0.29, 0.717) is 12.5 Å². The zero-order chi connectivity index (χ0) is 19.6. The summed E-state index contributed by atoms with van der Waals surface area (Å²) in [6.45, 7) is 5.68. The summed E-state index contributed by atoms with van der Waals surface area (Å²) in [5, 5.41) is 0. The highest BCUT2D eigenvalue weighted by Gasteiger charge is 2.36. The lowest BCUT2D eigenvalue weighted by Crippen LogP contribution is -2.36. The van der Waals surface area contributed by atoms with Gasteiger partial charge in [0.05, 0.1) is 17.2 Å². The summed E-state index contributed by atoms with van der Waals surface area (Å²) < 4.78 is 44.7. The van der Waals surface area contributed by atoms with Crippen LogP contribution in [0, 0.1) is 5.92 Å². The van der Waals surface area contributed by atoms with Gasteiger partial charge in [0.1, 0.15) is 5.75 Å². The molecule has 2 aliphatic rings. The number of hydrogen-bond donors (Lipinski definition) is 0. The highest BCUT2D eigenvalue weighted by molar-refractivity contribution is 5.99. The van der Waals surface area contributed by atoms with Crippen LogP contribution in [0.4, 0.5) is 13.2 Å². The van der Waals surface area contributed by atoms with Crippen LogP contribution >= 0.6 is 0 Å². The van der Waals surface area contributed by atoms with Crippen LogP contribution in [0.15, 0.2) is 18.2 Å². The van der Waals surface area contributed by atoms with Crippen LogP contribution in [-0.4, -0.2) is 35.9 Å². The molecule has 3 rings (SSSR count). The fraction of sp³-hybridized carbons (Fsp3) is 0.667. The SMILES string of the molecule is CC(C)Oc1cc(C(F)(F)F)ccc1C(=O)C[C@H]1CCC[C@H]1N1CCCC1. The molecular weight excluding hydrogens is 355 g/mol. The van der Waals surface area contributed by atoms with Crippen molar-refractivity contribution in [3.8, 4) is 5.75 Å². The van der Waals surface area contributed by atoms with Gasteiger partial charge in [0, 0.05) is 12.5 Å². The number of ether oxygens (including phenoxy) is 1. The van der Waals surface area contributed by atoms with Crippen LogP contribution in [0.5, 0.6) is 5.75 Å². The van der Waals surface area contributed by atoms with Crippen molar-refractivity contribution in [1.82, 2.24) is 4.90 Å². The van der Waals surface area contributed by atoms with Gasteiger partial charge < -0.3 is 9.64 Å². The molecule has 2 fully saturated rings. The average Bonchev–Trinajstić information content (AvgIpc) is 3.24. The summed E-state index contributed by atoms with van der Waals surface area (Å²) in [5.41, 5.74) is -0.519. The molecule has 1 saturated heterocycles. The molecule has 0 bridgehead atoms. The number of Topliss-reactive ketones (excluding diaryl/α,β-unsaturated/α-hetero) is 1. The Morgan fingerprint density at radius 3 is 2.52 bits per heavy atom. The Hall–Kier alpha value is -1.56. The number of rotatable bonds is 6. The molecule has 27 heavy (non-hydrogen) atoms. The quantitative estimate of drug-likeness (QED) is 0.622. The highest BCUT2D eigenvalue weighted by Crippen LogP contribution is 2.37. The Labute approximate surface area is 158 Å². The second-order valence-corrected chi connectivity index (χ2v) is 8.00. The number of ketones is 1. The van der Waals surface area contributed by atoms with Crippen LogP contribution < -0.4 is 4.74 Å². The number of carbonyl (C=O) groups excluding carboxylic acids is 1. The molecule has 1 aliphatic heterocycles. The van der Waals surface area contributed by atoms with E-state index >= 15 is 0 Å². The molecular formula is C21H28F3NO2. The normalized spacial score (nSPS) is 23.9. The third-order valence-corrected chi connectivity index (χ3v) is 5.65. The molecule has 0 radical (unpaired) electrons. The first-order valence-electron chi connectivity index (χ1n) is 9.91. The minimum Gasteiger partial charge on any atom is -0.490 e. The zero-order valence-electron chi connectivity index (χ0n) is 16.0. The summed E-state index contributed by atoms with van der Waals surface area (Å²) in [4.78, 5) is 15.4. The number of halogens is 3. The van der Waals surface area contributed by atoms with Gasteiger partial charge in [-0.2, -0.15) is 13.2 Å². The van der Waals surface area contributed by atoms with E-state index in [0.717, 1.165) is 44.5 Å². The van der Waals surface area contributed by atoms with E-state index in [1.807, 2.05) is 0 Å². The van der Waals surface area contributed by atoms with Gasteiger partial charge in [-0.15, -0.1) is 0 Å². The Morgan fingerprint density at radius 1 is 1.19 bits per heavy atom. The van der Waals surface area contributed by atoms with Crippen LogP contribution in [0.2, 0.25) is 0 Å². The highest BCUT2D eigenvalue weighted by atomic mass is 19.4. The topological polar surface area (TPSA) is 29.5 Å². The molecule has 0 N–H and O–H groups in total. The zero-order valence-corrected chi connectivity index (χ0v) is 16.0. The van der Waals surface area contributed by atoms with Crippen LogP contribution in [0.3, 0.4) is 0 Å². The van der Waals surface area contributed by atoms with Crippen molar-refractivity contribution >= 4 is 5.78 Å². The maximum atomic E-state index is 13.0. The maximum absolute atomic E-state index is 13.0. The molecule has 1 aliphatic carbocycles. The molecule has 150 valence electrons. The first-order chi connectivity index (χ1) is 12.8. The van der Waals surface area contributed by atoms with Crippen molar-refractivity contribution in [2.75, 3.05) is 13.1 Å². The Kier molecular flexibility index (Phi) is 6.14. The second kappa shape index (κ2) is 8.21. The lowest BCUT2D eigenvalue weighted by Gasteiger charge is -2.29. The van der Waals surface area contributed by atoms with Crippen molar-refractivity contribution in [3.63, 3.8) is 0 Å². The lowest BCUT2D eigenvalue weighted by atomic mass is 9.92. The first kappa shape index (κ1) is 20.2. The van der Waals surface area contributed by atoms with Crippen LogP contribution in [0.25, 0.3) is 0 Å². The molecule has 1 heterocycles. The largest absolute Gasteiger partial charge is 0.490 e. The van der Waals surface area contributed by atoms with Crippen LogP contribution in [0.1, 0.15) is 68.3 Å². The van der Waals surface area contributed by atoms with Gasteiger partial charge in [0.2, 0.25) is 0 Å². The summed E-state index contributed by atoms with van der Waals surface area (Å²) in [5.74, 6) is 0.209. The van der Waals surface area contributed by atoms with Gasteiger partial charge in [-0.3, -0.25) is 4.79 Å². The number of nitrogens with zero attached hydrogens (tertiary/aromatic N) is 1. The standard InChI is InChI=1S/C21H28F3NO2/c1-14(2)27-20-13-16(21(22,23)24)8-9-17(20)19(26)12-15-6-5-7-18(15)25-10-3-4-11-25/h8-9,13-15,18H,3-7,10-12H2,1-2H3/t15-,18-/m1/s1.